The molecule has 0 spiro atoms. The van der Waals surface area contributed by atoms with E-state index in [-0.39, 0.29) is 5.82 Å². The van der Waals surface area contributed by atoms with Crippen molar-refractivity contribution in [3.63, 3.8) is 0 Å². The van der Waals surface area contributed by atoms with Gasteiger partial charge in [0.2, 0.25) is 0 Å². The minimum absolute atomic E-state index is 0.110. The van der Waals surface area contributed by atoms with Gasteiger partial charge in [-0.2, -0.15) is 0 Å². The molecule has 2 fully saturated rings. The standard InChI is InChI=1S/C14H19FN2/c1-17(14-5-3-2-4-13(14)15)12-8-10-6-7-11(9-12)16-10/h2-5,10-12,16H,6-9H2,1H3. The Hall–Kier alpha value is -1.09. The lowest BCUT2D eigenvalue weighted by Gasteiger charge is -2.37. The Balaban J connectivity index is 1.78. The van der Waals surface area contributed by atoms with Gasteiger partial charge in [-0.3, -0.25) is 0 Å². The van der Waals surface area contributed by atoms with Crippen molar-refractivity contribution >= 4 is 5.69 Å². The van der Waals surface area contributed by atoms with E-state index in [0.29, 0.717) is 18.1 Å². The van der Waals surface area contributed by atoms with E-state index in [4.69, 9.17) is 0 Å². The summed E-state index contributed by atoms with van der Waals surface area (Å²) in [5.41, 5.74) is 0.735. The molecule has 2 atom stereocenters. The summed E-state index contributed by atoms with van der Waals surface area (Å²) in [6.07, 6.45) is 4.85. The molecule has 3 rings (SSSR count). The number of hydrogen-bond acceptors (Lipinski definition) is 2. The average Bonchev–Trinajstić information content (AvgIpc) is 2.68. The molecule has 2 unspecified atom stereocenters. The minimum atomic E-state index is -0.110. The molecule has 2 aliphatic heterocycles. The number of nitrogens with zero attached hydrogens (tertiary/aromatic N) is 1. The SMILES string of the molecule is CN(c1ccccc1F)C1CC2CCC(C1)N2. The van der Waals surface area contributed by atoms with Crippen molar-refractivity contribution in [1.82, 2.24) is 5.32 Å². The van der Waals surface area contributed by atoms with Crippen molar-refractivity contribution in [2.45, 2.75) is 43.8 Å². The summed E-state index contributed by atoms with van der Waals surface area (Å²) in [5, 5.41) is 3.62. The number of piperidine rings is 1. The smallest absolute Gasteiger partial charge is 0.146 e. The van der Waals surface area contributed by atoms with Crippen molar-refractivity contribution in [3.8, 4) is 0 Å². The number of fused-ring (bicyclic) bond motifs is 2. The Kier molecular flexibility index (Phi) is 2.79. The van der Waals surface area contributed by atoms with E-state index in [1.807, 2.05) is 19.2 Å². The number of hydrogen-bond donors (Lipinski definition) is 1. The Morgan fingerprint density at radius 3 is 2.47 bits per heavy atom. The second-order valence-corrected chi connectivity index (χ2v) is 5.33. The molecule has 0 radical (unpaired) electrons. The first kappa shape index (κ1) is 11.0. The zero-order chi connectivity index (χ0) is 11.8. The molecule has 1 N–H and O–H groups in total. The van der Waals surface area contributed by atoms with Crippen LogP contribution in [0.1, 0.15) is 25.7 Å². The van der Waals surface area contributed by atoms with Crippen LogP contribution in [0.2, 0.25) is 0 Å². The monoisotopic (exact) mass is 234 g/mol. The Labute approximate surface area is 102 Å². The highest BCUT2D eigenvalue weighted by atomic mass is 19.1. The third-order valence-corrected chi connectivity index (χ3v) is 4.23. The fourth-order valence-corrected chi connectivity index (χ4v) is 3.28. The van der Waals surface area contributed by atoms with Crippen LogP contribution in [0.4, 0.5) is 10.1 Å². The second kappa shape index (κ2) is 4.30. The molecule has 0 saturated carbocycles. The lowest BCUT2D eigenvalue weighted by atomic mass is 9.98. The van der Waals surface area contributed by atoms with Crippen LogP contribution in [0.25, 0.3) is 0 Å². The van der Waals surface area contributed by atoms with Crippen LogP contribution in [-0.4, -0.2) is 25.2 Å². The van der Waals surface area contributed by atoms with Crippen LogP contribution in [-0.2, 0) is 0 Å². The van der Waals surface area contributed by atoms with Gasteiger partial charge in [-0.15, -0.1) is 0 Å². The van der Waals surface area contributed by atoms with E-state index < -0.39 is 0 Å². The molecule has 2 heterocycles. The summed E-state index contributed by atoms with van der Waals surface area (Å²) >= 11 is 0. The average molecular weight is 234 g/mol. The molecule has 3 heteroatoms. The molecule has 1 aromatic carbocycles. The van der Waals surface area contributed by atoms with Gasteiger partial charge in [0.1, 0.15) is 5.82 Å². The van der Waals surface area contributed by atoms with Crippen molar-refractivity contribution in [3.05, 3.63) is 30.1 Å². The van der Waals surface area contributed by atoms with Crippen LogP contribution < -0.4 is 10.2 Å². The van der Waals surface area contributed by atoms with Crippen molar-refractivity contribution in [1.29, 1.82) is 0 Å². The number of para-hydroxylation sites is 1. The fraction of sp³-hybridized carbons (Fsp3) is 0.571. The normalized spacial score (nSPS) is 31.5. The van der Waals surface area contributed by atoms with Gasteiger partial charge >= 0.3 is 0 Å². The predicted molar refractivity (Wildman–Crippen MR) is 67.8 cm³/mol. The van der Waals surface area contributed by atoms with E-state index in [9.17, 15) is 4.39 Å². The third kappa shape index (κ3) is 2.04. The van der Waals surface area contributed by atoms with E-state index in [2.05, 4.69) is 10.2 Å². The lowest BCUT2D eigenvalue weighted by molar-refractivity contribution is 0.353. The van der Waals surface area contributed by atoms with Crippen LogP contribution in [0, 0.1) is 5.82 Å². The third-order valence-electron chi connectivity index (χ3n) is 4.23. The van der Waals surface area contributed by atoms with E-state index in [1.165, 1.54) is 12.8 Å². The number of anilines is 1. The number of benzene rings is 1. The molecular weight excluding hydrogens is 215 g/mol. The first-order chi connectivity index (χ1) is 8.24. The van der Waals surface area contributed by atoms with Gasteiger partial charge in [0.05, 0.1) is 5.69 Å². The van der Waals surface area contributed by atoms with Crippen LogP contribution >= 0.6 is 0 Å². The number of halogens is 1. The van der Waals surface area contributed by atoms with Crippen LogP contribution in [0.15, 0.2) is 24.3 Å². The summed E-state index contributed by atoms with van der Waals surface area (Å²) in [7, 11) is 2.02. The molecule has 2 nitrogen and oxygen atoms in total. The van der Waals surface area contributed by atoms with E-state index in [1.54, 1.807) is 12.1 Å². The second-order valence-electron chi connectivity index (χ2n) is 5.33. The molecule has 0 aliphatic carbocycles. The molecule has 0 amide bonds. The molecule has 2 bridgehead atoms. The molecular formula is C14H19FN2. The van der Waals surface area contributed by atoms with Crippen LogP contribution in [0.3, 0.4) is 0 Å². The molecule has 92 valence electrons. The van der Waals surface area contributed by atoms with Gasteiger partial charge in [-0.05, 0) is 37.8 Å². The highest BCUT2D eigenvalue weighted by Gasteiger charge is 2.35. The Morgan fingerprint density at radius 1 is 1.18 bits per heavy atom. The maximum Gasteiger partial charge on any atom is 0.146 e. The minimum Gasteiger partial charge on any atom is -0.369 e. The molecule has 2 saturated heterocycles. The molecule has 1 aromatic rings. The zero-order valence-electron chi connectivity index (χ0n) is 10.2. The predicted octanol–water partition coefficient (Wildman–Crippen LogP) is 2.54. The molecule has 17 heavy (non-hydrogen) atoms. The van der Waals surface area contributed by atoms with Gasteiger partial charge in [-0.25, -0.2) is 4.39 Å². The van der Waals surface area contributed by atoms with Crippen molar-refractivity contribution < 1.29 is 4.39 Å². The maximum absolute atomic E-state index is 13.7. The Bertz CT molecular complexity index is 395. The summed E-state index contributed by atoms with van der Waals surface area (Å²) in [4.78, 5) is 2.13. The number of nitrogens with one attached hydrogen (secondary N) is 1. The first-order valence-electron chi connectivity index (χ1n) is 6.47. The lowest BCUT2D eigenvalue weighted by Crippen LogP contribution is -2.47. The highest BCUT2D eigenvalue weighted by molar-refractivity contribution is 5.48. The summed E-state index contributed by atoms with van der Waals surface area (Å²) in [6.45, 7) is 0. The van der Waals surface area contributed by atoms with Crippen molar-refractivity contribution in [2.75, 3.05) is 11.9 Å². The first-order valence-corrected chi connectivity index (χ1v) is 6.47. The molecule has 0 aromatic heterocycles. The maximum atomic E-state index is 13.7. The highest BCUT2D eigenvalue weighted by Crippen LogP contribution is 2.32. The summed E-state index contributed by atoms with van der Waals surface area (Å²) < 4.78 is 13.7. The molecule has 2 aliphatic rings. The van der Waals surface area contributed by atoms with Crippen molar-refractivity contribution in [2.24, 2.45) is 0 Å². The topological polar surface area (TPSA) is 15.3 Å². The largest absolute Gasteiger partial charge is 0.369 e. The van der Waals surface area contributed by atoms with Gasteiger partial charge in [0, 0.05) is 25.2 Å². The van der Waals surface area contributed by atoms with Gasteiger partial charge < -0.3 is 10.2 Å². The fourth-order valence-electron chi connectivity index (χ4n) is 3.28. The van der Waals surface area contributed by atoms with E-state index in [0.717, 1.165) is 18.5 Å². The summed E-state index contributed by atoms with van der Waals surface area (Å²) in [6, 6.07) is 8.84. The van der Waals surface area contributed by atoms with Gasteiger partial charge in [0.15, 0.2) is 0 Å². The Morgan fingerprint density at radius 2 is 1.82 bits per heavy atom. The van der Waals surface area contributed by atoms with Crippen LogP contribution in [0.5, 0.6) is 0 Å². The zero-order valence-corrected chi connectivity index (χ0v) is 10.2. The van der Waals surface area contributed by atoms with Gasteiger partial charge in [0.25, 0.3) is 0 Å². The van der Waals surface area contributed by atoms with E-state index >= 15 is 0 Å². The number of rotatable bonds is 2. The quantitative estimate of drug-likeness (QED) is 0.846. The van der Waals surface area contributed by atoms with Gasteiger partial charge in [-0.1, -0.05) is 12.1 Å². The summed E-state index contributed by atoms with van der Waals surface area (Å²) in [5.74, 6) is -0.110.